The third-order valence-corrected chi connectivity index (χ3v) is 3.53. The van der Waals surface area contributed by atoms with Crippen LogP contribution in [0.5, 0.6) is 0 Å². The molecule has 0 aliphatic carbocycles. The lowest BCUT2D eigenvalue weighted by Crippen LogP contribution is -2.40. The summed E-state index contributed by atoms with van der Waals surface area (Å²) in [4.78, 5) is 32.7. The number of carbonyl (C=O) groups excluding carboxylic acids is 1. The van der Waals surface area contributed by atoms with Crippen LogP contribution in [0.25, 0.3) is 0 Å². The van der Waals surface area contributed by atoms with Crippen molar-refractivity contribution in [2.75, 3.05) is 24.5 Å². The number of nitrogens with one attached hydrogen (secondary N) is 2. The van der Waals surface area contributed by atoms with Crippen molar-refractivity contribution in [3.8, 4) is 0 Å². The molecule has 0 saturated heterocycles. The van der Waals surface area contributed by atoms with Gasteiger partial charge in [0, 0.05) is 12.6 Å². The number of ether oxygens (including phenoxy) is 1. The van der Waals surface area contributed by atoms with Gasteiger partial charge in [-0.3, -0.25) is 15.5 Å². The fourth-order valence-electron chi connectivity index (χ4n) is 2.28. The lowest BCUT2D eigenvalue weighted by Gasteiger charge is -2.23. The van der Waals surface area contributed by atoms with E-state index in [2.05, 4.69) is 20.8 Å². The molecule has 0 radical (unpaired) electrons. The predicted octanol–water partition coefficient (Wildman–Crippen LogP) is 2.65. The summed E-state index contributed by atoms with van der Waals surface area (Å²) in [5.74, 6) is -0.506. The van der Waals surface area contributed by atoms with E-state index in [1.807, 2.05) is 20.8 Å². The van der Waals surface area contributed by atoms with Crippen molar-refractivity contribution >= 4 is 29.0 Å². The number of para-hydroxylation sites is 1. The van der Waals surface area contributed by atoms with Gasteiger partial charge < -0.3 is 9.64 Å². The molecule has 0 bridgehead atoms. The Hall–Kier alpha value is -3.27. The maximum Gasteiger partial charge on any atom is 0.355 e. The summed E-state index contributed by atoms with van der Waals surface area (Å²) in [6.07, 6.45) is 1.21. The van der Waals surface area contributed by atoms with E-state index < -0.39 is 10.9 Å². The van der Waals surface area contributed by atoms with E-state index in [0.717, 1.165) is 0 Å². The molecule has 2 rings (SSSR count). The Balaban J connectivity index is 2.53. The van der Waals surface area contributed by atoms with E-state index in [1.165, 1.54) is 18.3 Å². The van der Waals surface area contributed by atoms with Crippen LogP contribution in [0.1, 0.15) is 31.1 Å². The van der Waals surface area contributed by atoms with E-state index in [4.69, 9.17) is 4.74 Å². The first-order chi connectivity index (χ1) is 12.7. The van der Waals surface area contributed by atoms with Gasteiger partial charge in [0.1, 0.15) is 6.33 Å². The molecule has 0 aliphatic heterocycles. The number of esters is 1. The Morgan fingerprint density at radius 3 is 2.52 bits per heavy atom. The van der Waals surface area contributed by atoms with E-state index in [9.17, 15) is 14.9 Å². The van der Waals surface area contributed by atoms with Gasteiger partial charge in [-0.1, -0.05) is 12.1 Å². The van der Waals surface area contributed by atoms with Crippen molar-refractivity contribution in [3.63, 3.8) is 0 Å². The molecule has 1 aromatic carbocycles. The SMILES string of the molecule is COC(=O)c1ccccc1N(C)c1ncnc(NNC(C)(C)C)c1[N+](=O)[O-]. The van der Waals surface area contributed by atoms with Gasteiger partial charge in [0.05, 0.1) is 23.3 Å². The third kappa shape index (κ3) is 4.67. The second kappa shape index (κ2) is 7.96. The van der Waals surface area contributed by atoms with Crippen LogP contribution in [-0.4, -0.2) is 40.6 Å². The molecule has 0 amide bonds. The van der Waals surface area contributed by atoms with Gasteiger partial charge in [-0.25, -0.2) is 20.2 Å². The van der Waals surface area contributed by atoms with Gasteiger partial charge in [0.25, 0.3) is 0 Å². The summed E-state index contributed by atoms with van der Waals surface area (Å²) in [6, 6.07) is 6.62. The fourth-order valence-corrected chi connectivity index (χ4v) is 2.28. The zero-order valence-corrected chi connectivity index (χ0v) is 15.8. The summed E-state index contributed by atoms with van der Waals surface area (Å²) in [6.45, 7) is 5.69. The molecule has 0 aliphatic rings. The van der Waals surface area contributed by atoms with Gasteiger partial charge in [-0.05, 0) is 32.9 Å². The monoisotopic (exact) mass is 374 g/mol. The number of aromatic nitrogens is 2. The Morgan fingerprint density at radius 1 is 1.26 bits per heavy atom. The first-order valence-electron chi connectivity index (χ1n) is 8.09. The number of hydrogen-bond acceptors (Lipinski definition) is 9. The number of carbonyl (C=O) groups is 1. The summed E-state index contributed by atoms with van der Waals surface area (Å²) >= 11 is 0. The number of rotatable bonds is 6. The molecule has 144 valence electrons. The lowest BCUT2D eigenvalue weighted by atomic mass is 10.1. The first kappa shape index (κ1) is 20.0. The van der Waals surface area contributed by atoms with Crippen molar-refractivity contribution < 1.29 is 14.5 Å². The second-order valence-corrected chi connectivity index (χ2v) is 6.72. The summed E-state index contributed by atoms with van der Waals surface area (Å²) in [5.41, 5.74) is 5.72. The number of benzene rings is 1. The van der Waals surface area contributed by atoms with Crippen molar-refractivity contribution in [1.29, 1.82) is 0 Å². The van der Waals surface area contributed by atoms with Crippen molar-refractivity contribution in [2.24, 2.45) is 0 Å². The summed E-state index contributed by atoms with van der Waals surface area (Å²) < 4.78 is 4.79. The number of methoxy groups -OCH3 is 1. The van der Waals surface area contributed by atoms with Crippen LogP contribution < -0.4 is 15.8 Å². The molecule has 27 heavy (non-hydrogen) atoms. The van der Waals surface area contributed by atoms with E-state index in [-0.39, 0.29) is 28.4 Å². The fraction of sp³-hybridized carbons (Fsp3) is 0.353. The van der Waals surface area contributed by atoms with Crippen LogP contribution in [0.15, 0.2) is 30.6 Å². The lowest BCUT2D eigenvalue weighted by molar-refractivity contribution is -0.383. The van der Waals surface area contributed by atoms with Crippen LogP contribution in [-0.2, 0) is 4.74 Å². The zero-order valence-electron chi connectivity index (χ0n) is 15.8. The molecule has 0 saturated carbocycles. The molecule has 10 heteroatoms. The minimum Gasteiger partial charge on any atom is -0.465 e. The summed E-state index contributed by atoms with van der Waals surface area (Å²) in [7, 11) is 2.85. The van der Waals surface area contributed by atoms with Crippen LogP contribution in [0, 0.1) is 10.1 Å². The molecular weight excluding hydrogens is 352 g/mol. The van der Waals surface area contributed by atoms with Gasteiger partial charge in [-0.15, -0.1) is 0 Å². The highest BCUT2D eigenvalue weighted by Gasteiger charge is 2.28. The molecule has 0 spiro atoms. The minimum atomic E-state index is -0.570. The van der Waals surface area contributed by atoms with E-state index in [1.54, 1.807) is 31.3 Å². The normalized spacial score (nSPS) is 11.0. The van der Waals surface area contributed by atoms with Gasteiger partial charge in [0.15, 0.2) is 0 Å². The standard InChI is InChI=1S/C17H22N6O4/c1-17(2,3)21-20-14-13(23(25)26)15(19-10-18-14)22(4)12-9-7-6-8-11(12)16(24)27-5/h6-10,21H,1-5H3,(H,18,19,20). The first-order valence-corrected chi connectivity index (χ1v) is 8.09. The third-order valence-electron chi connectivity index (χ3n) is 3.53. The maximum absolute atomic E-state index is 12.0. The van der Waals surface area contributed by atoms with Gasteiger partial charge >= 0.3 is 11.7 Å². The van der Waals surface area contributed by atoms with Crippen molar-refractivity contribution in [3.05, 3.63) is 46.3 Å². The Labute approximate surface area is 156 Å². The molecule has 2 N–H and O–H groups in total. The largest absolute Gasteiger partial charge is 0.465 e. The number of anilines is 3. The molecule has 1 heterocycles. The topological polar surface area (TPSA) is 123 Å². The highest BCUT2D eigenvalue weighted by Crippen LogP contribution is 2.36. The highest BCUT2D eigenvalue weighted by molar-refractivity contribution is 5.97. The number of hydrazine groups is 1. The highest BCUT2D eigenvalue weighted by atomic mass is 16.6. The van der Waals surface area contributed by atoms with Crippen molar-refractivity contribution in [1.82, 2.24) is 15.4 Å². The number of hydrogen-bond donors (Lipinski definition) is 2. The van der Waals surface area contributed by atoms with E-state index >= 15 is 0 Å². The second-order valence-electron chi connectivity index (χ2n) is 6.72. The maximum atomic E-state index is 12.0. The Morgan fingerprint density at radius 2 is 1.93 bits per heavy atom. The van der Waals surface area contributed by atoms with Gasteiger partial charge in [0.2, 0.25) is 11.6 Å². The summed E-state index contributed by atoms with van der Waals surface area (Å²) in [5, 5.41) is 11.7. The molecule has 0 fully saturated rings. The smallest absolute Gasteiger partial charge is 0.355 e. The van der Waals surface area contributed by atoms with Crippen LogP contribution in [0.3, 0.4) is 0 Å². The number of nitrogens with zero attached hydrogens (tertiary/aromatic N) is 4. The molecule has 0 unspecified atom stereocenters. The van der Waals surface area contributed by atoms with Crippen LogP contribution in [0.2, 0.25) is 0 Å². The number of nitro groups is 1. The van der Waals surface area contributed by atoms with Crippen LogP contribution in [0.4, 0.5) is 23.0 Å². The average molecular weight is 374 g/mol. The molecule has 2 aromatic rings. The minimum absolute atomic E-state index is 0.0160. The van der Waals surface area contributed by atoms with Crippen LogP contribution >= 0.6 is 0 Å². The Bertz CT molecular complexity index is 850. The average Bonchev–Trinajstić information content (AvgIpc) is 2.64. The quantitative estimate of drug-likeness (QED) is 0.446. The zero-order chi connectivity index (χ0) is 20.2. The molecule has 0 atom stereocenters. The van der Waals surface area contributed by atoms with Crippen molar-refractivity contribution in [2.45, 2.75) is 26.3 Å². The molecular formula is C17H22N6O4. The molecule has 10 nitrogen and oxygen atoms in total. The Kier molecular flexibility index (Phi) is 5.91. The predicted molar refractivity (Wildman–Crippen MR) is 101 cm³/mol. The molecule has 1 aromatic heterocycles. The van der Waals surface area contributed by atoms with Gasteiger partial charge in [-0.2, -0.15) is 0 Å². The van der Waals surface area contributed by atoms with E-state index in [0.29, 0.717) is 5.69 Å².